The van der Waals surface area contributed by atoms with Gasteiger partial charge in [0.1, 0.15) is 11.6 Å². The number of aryl methyl sites for hydroxylation is 1. The highest BCUT2D eigenvalue weighted by Gasteiger charge is 2.22. The number of halogens is 1. The fraction of sp³-hybridized carbons (Fsp3) is 0.364. The number of nitrogens with one attached hydrogen (secondary N) is 1. The number of rotatable bonds is 7. The second-order valence-corrected chi connectivity index (χ2v) is 7.03. The highest BCUT2D eigenvalue weighted by Crippen LogP contribution is 2.24. The fourth-order valence-electron chi connectivity index (χ4n) is 3.39. The van der Waals surface area contributed by atoms with E-state index in [1.165, 1.54) is 17.8 Å². The van der Waals surface area contributed by atoms with Crippen LogP contribution < -0.4 is 10.1 Å². The van der Waals surface area contributed by atoms with Crippen molar-refractivity contribution in [3.05, 3.63) is 65.9 Å². The standard InChI is InChI=1S/C22H24FN3O3/c1-27-19-5-6-21-20(10-19)15(8-9-24-21)2-7-22-28-13-18(14-29-22)26-12-17-4-3-16(23)11-25-17/h3-6,8-11,18,22,26H,2,7,12-14H2,1H3. The normalized spacial score (nSPS) is 19.4. The summed E-state index contributed by atoms with van der Waals surface area (Å²) in [7, 11) is 1.66. The average molecular weight is 397 g/mol. The molecule has 4 rings (SSSR count). The summed E-state index contributed by atoms with van der Waals surface area (Å²) in [5.74, 6) is 0.489. The minimum atomic E-state index is -0.332. The molecule has 1 aliphatic rings. The Morgan fingerprint density at radius 1 is 1.14 bits per heavy atom. The first kappa shape index (κ1) is 19.7. The van der Waals surface area contributed by atoms with E-state index in [1.807, 2.05) is 30.5 Å². The lowest BCUT2D eigenvalue weighted by Gasteiger charge is -2.30. The van der Waals surface area contributed by atoms with Gasteiger partial charge in [0.15, 0.2) is 6.29 Å². The molecule has 0 spiro atoms. The molecular formula is C22H24FN3O3. The maximum Gasteiger partial charge on any atom is 0.158 e. The zero-order valence-electron chi connectivity index (χ0n) is 16.3. The van der Waals surface area contributed by atoms with Gasteiger partial charge < -0.3 is 19.5 Å². The van der Waals surface area contributed by atoms with Gasteiger partial charge in [0.05, 0.1) is 43.8 Å². The monoisotopic (exact) mass is 397 g/mol. The lowest BCUT2D eigenvalue weighted by molar-refractivity contribution is -0.192. The summed E-state index contributed by atoms with van der Waals surface area (Å²) >= 11 is 0. The molecule has 3 aromatic rings. The van der Waals surface area contributed by atoms with Gasteiger partial charge >= 0.3 is 0 Å². The van der Waals surface area contributed by atoms with Crippen LogP contribution in [-0.2, 0) is 22.4 Å². The van der Waals surface area contributed by atoms with Crippen LogP contribution in [0.15, 0.2) is 48.8 Å². The smallest absolute Gasteiger partial charge is 0.158 e. The van der Waals surface area contributed by atoms with E-state index >= 15 is 0 Å². The molecule has 0 saturated carbocycles. The molecule has 1 N–H and O–H groups in total. The maximum absolute atomic E-state index is 12.9. The molecule has 6 nitrogen and oxygen atoms in total. The molecular weight excluding hydrogens is 373 g/mol. The van der Waals surface area contributed by atoms with E-state index in [1.54, 1.807) is 13.2 Å². The number of hydrogen-bond donors (Lipinski definition) is 1. The first-order valence-corrected chi connectivity index (χ1v) is 9.70. The van der Waals surface area contributed by atoms with Crippen molar-refractivity contribution in [2.24, 2.45) is 0 Å². The zero-order chi connectivity index (χ0) is 20.1. The van der Waals surface area contributed by atoms with Gasteiger partial charge in [-0.15, -0.1) is 0 Å². The number of methoxy groups -OCH3 is 1. The molecule has 152 valence electrons. The second-order valence-electron chi connectivity index (χ2n) is 7.03. The Balaban J connectivity index is 1.27. The highest BCUT2D eigenvalue weighted by atomic mass is 19.1. The number of nitrogens with zero attached hydrogens (tertiary/aromatic N) is 2. The molecule has 0 aliphatic carbocycles. The predicted molar refractivity (Wildman–Crippen MR) is 107 cm³/mol. The summed E-state index contributed by atoms with van der Waals surface area (Å²) < 4.78 is 30.0. The summed E-state index contributed by atoms with van der Waals surface area (Å²) in [5, 5.41) is 4.42. The van der Waals surface area contributed by atoms with Gasteiger partial charge in [-0.2, -0.15) is 0 Å². The number of benzene rings is 1. The van der Waals surface area contributed by atoms with Gasteiger partial charge in [-0.05, 0) is 48.4 Å². The van der Waals surface area contributed by atoms with Crippen LogP contribution in [0, 0.1) is 5.82 Å². The van der Waals surface area contributed by atoms with Gasteiger partial charge in [0.2, 0.25) is 0 Å². The molecule has 7 heteroatoms. The summed E-state index contributed by atoms with van der Waals surface area (Å²) in [6.07, 6.45) is 4.41. The third-order valence-electron chi connectivity index (χ3n) is 5.02. The predicted octanol–water partition coefficient (Wildman–Crippen LogP) is 3.24. The molecule has 0 amide bonds. The first-order valence-electron chi connectivity index (χ1n) is 9.70. The van der Waals surface area contributed by atoms with Crippen molar-refractivity contribution in [2.45, 2.75) is 31.7 Å². The van der Waals surface area contributed by atoms with Crippen molar-refractivity contribution < 1.29 is 18.6 Å². The van der Waals surface area contributed by atoms with Crippen molar-refractivity contribution in [1.82, 2.24) is 15.3 Å². The topological polar surface area (TPSA) is 65.5 Å². The Morgan fingerprint density at radius 3 is 2.76 bits per heavy atom. The Bertz CT molecular complexity index is 944. The molecule has 29 heavy (non-hydrogen) atoms. The van der Waals surface area contributed by atoms with Crippen molar-refractivity contribution in [1.29, 1.82) is 0 Å². The summed E-state index contributed by atoms with van der Waals surface area (Å²) in [6, 6.07) is 11.1. The minimum absolute atomic E-state index is 0.0871. The largest absolute Gasteiger partial charge is 0.497 e. The summed E-state index contributed by atoms with van der Waals surface area (Å²) in [4.78, 5) is 8.46. The van der Waals surface area contributed by atoms with Crippen LogP contribution in [0.4, 0.5) is 4.39 Å². The van der Waals surface area contributed by atoms with E-state index in [-0.39, 0.29) is 18.1 Å². The quantitative estimate of drug-likeness (QED) is 0.660. The average Bonchev–Trinajstić information content (AvgIpc) is 2.77. The molecule has 3 heterocycles. The van der Waals surface area contributed by atoms with E-state index in [4.69, 9.17) is 14.2 Å². The molecule has 1 fully saturated rings. The van der Waals surface area contributed by atoms with E-state index < -0.39 is 0 Å². The van der Waals surface area contributed by atoms with E-state index in [0.717, 1.165) is 35.2 Å². The lowest BCUT2D eigenvalue weighted by Crippen LogP contribution is -2.44. The van der Waals surface area contributed by atoms with Crippen molar-refractivity contribution in [2.75, 3.05) is 20.3 Å². The number of ether oxygens (including phenoxy) is 3. The van der Waals surface area contributed by atoms with Crippen LogP contribution in [0.3, 0.4) is 0 Å². The van der Waals surface area contributed by atoms with Crippen LogP contribution in [0.2, 0.25) is 0 Å². The van der Waals surface area contributed by atoms with Crippen LogP contribution >= 0.6 is 0 Å². The zero-order valence-corrected chi connectivity index (χ0v) is 16.3. The molecule has 1 aromatic carbocycles. The number of hydrogen-bond acceptors (Lipinski definition) is 6. The lowest BCUT2D eigenvalue weighted by atomic mass is 10.0. The SMILES string of the molecule is COc1ccc2nccc(CCC3OCC(NCc4ccc(F)cn4)CO3)c2c1. The molecule has 1 aliphatic heterocycles. The van der Waals surface area contributed by atoms with E-state index in [0.29, 0.717) is 19.8 Å². The van der Waals surface area contributed by atoms with Crippen molar-refractivity contribution in [3.63, 3.8) is 0 Å². The molecule has 0 bridgehead atoms. The third kappa shape index (κ3) is 5.06. The number of aromatic nitrogens is 2. The van der Waals surface area contributed by atoms with Crippen LogP contribution in [0.5, 0.6) is 5.75 Å². The summed E-state index contributed by atoms with van der Waals surface area (Å²) in [6.45, 7) is 1.68. The van der Waals surface area contributed by atoms with Crippen LogP contribution in [0.1, 0.15) is 17.7 Å². The third-order valence-corrected chi connectivity index (χ3v) is 5.02. The second kappa shape index (κ2) is 9.26. The van der Waals surface area contributed by atoms with E-state index in [9.17, 15) is 4.39 Å². The Kier molecular flexibility index (Phi) is 6.29. The minimum Gasteiger partial charge on any atom is -0.497 e. The maximum atomic E-state index is 12.9. The number of fused-ring (bicyclic) bond motifs is 1. The first-order chi connectivity index (χ1) is 14.2. The number of pyridine rings is 2. The van der Waals surface area contributed by atoms with Gasteiger partial charge in [-0.3, -0.25) is 9.97 Å². The molecule has 0 radical (unpaired) electrons. The molecule has 1 saturated heterocycles. The molecule has 2 aromatic heterocycles. The van der Waals surface area contributed by atoms with Crippen LogP contribution in [0.25, 0.3) is 10.9 Å². The highest BCUT2D eigenvalue weighted by molar-refractivity contribution is 5.83. The molecule has 0 atom stereocenters. The Morgan fingerprint density at radius 2 is 2.00 bits per heavy atom. The van der Waals surface area contributed by atoms with Gasteiger partial charge in [-0.1, -0.05) is 0 Å². The van der Waals surface area contributed by atoms with Gasteiger partial charge in [0.25, 0.3) is 0 Å². The van der Waals surface area contributed by atoms with Gasteiger partial charge in [0, 0.05) is 24.5 Å². The van der Waals surface area contributed by atoms with Crippen molar-refractivity contribution in [3.8, 4) is 5.75 Å². The summed E-state index contributed by atoms with van der Waals surface area (Å²) in [5.41, 5.74) is 2.93. The fourth-order valence-corrected chi connectivity index (χ4v) is 3.39. The van der Waals surface area contributed by atoms with Gasteiger partial charge in [-0.25, -0.2) is 4.39 Å². The van der Waals surface area contributed by atoms with Crippen molar-refractivity contribution >= 4 is 10.9 Å². The van der Waals surface area contributed by atoms with E-state index in [2.05, 4.69) is 15.3 Å². The Hall–Kier alpha value is -2.61. The Labute approximate surface area is 169 Å². The molecule has 0 unspecified atom stereocenters. The van der Waals surface area contributed by atoms with Crippen LogP contribution in [-0.4, -0.2) is 42.6 Å².